The van der Waals surface area contributed by atoms with Crippen molar-refractivity contribution in [2.75, 3.05) is 0 Å². The smallest absolute Gasteiger partial charge is 0.315 e. The van der Waals surface area contributed by atoms with E-state index in [1.807, 2.05) is 0 Å². The Morgan fingerprint density at radius 1 is 0.944 bits per heavy atom. The number of benzene rings is 1. The van der Waals surface area contributed by atoms with E-state index in [1.165, 1.54) is 31.4 Å². The standard InChI is InChI=1S/C26H30O9S/c27-23(33-15-1-3-16(4-2-15)36(30,31)32)19-18-8-17-20(19)24(28)34-21(17)22(18)35-25(29)26-9-12-5-13(10-26)7-14(6-12)11-26/h1-4,12-14,17-22,24,28H,5-11H2,(H,30,31,32). The van der Waals surface area contributed by atoms with Crippen molar-refractivity contribution in [2.24, 2.45) is 46.8 Å². The zero-order valence-corrected chi connectivity index (χ0v) is 20.5. The zero-order valence-electron chi connectivity index (χ0n) is 19.7. The average molecular weight is 519 g/mol. The lowest BCUT2D eigenvalue weighted by atomic mass is 9.49. The Morgan fingerprint density at radius 2 is 1.56 bits per heavy atom. The second kappa shape index (κ2) is 7.75. The largest absolute Gasteiger partial charge is 0.459 e. The first-order chi connectivity index (χ1) is 17.1. The quantitative estimate of drug-likeness (QED) is 0.342. The Labute approximate surface area is 209 Å². The minimum absolute atomic E-state index is 0.0846. The number of ether oxygens (including phenoxy) is 3. The predicted molar refractivity (Wildman–Crippen MR) is 122 cm³/mol. The van der Waals surface area contributed by atoms with Gasteiger partial charge in [0.2, 0.25) is 0 Å². The van der Waals surface area contributed by atoms with Crippen molar-refractivity contribution in [3.63, 3.8) is 0 Å². The number of esters is 2. The van der Waals surface area contributed by atoms with Crippen LogP contribution < -0.4 is 4.74 Å². The molecule has 1 saturated heterocycles. The highest BCUT2D eigenvalue weighted by molar-refractivity contribution is 7.85. The van der Waals surface area contributed by atoms with Gasteiger partial charge in [0.05, 0.1) is 16.2 Å². The molecule has 7 aliphatic rings. The lowest BCUT2D eigenvalue weighted by Crippen LogP contribution is -2.53. The number of carbonyl (C=O) groups is 2. The highest BCUT2D eigenvalue weighted by Gasteiger charge is 2.69. The second-order valence-corrected chi connectivity index (χ2v) is 13.5. The molecule has 7 unspecified atom stereocenters. The first kappa shape index (κ1) is 23.1. The van der Waals surface area contributed by atoms with Crippen LogP contribution in [0.1, 0.15) is 44.9 Å². The van der Waals surface area contributed by atoms with E-state index in [4.69, 9.17) is 18.8 Å². The maximum absolute atomic E-state index is 13.6. The summed E-state index contributed by atoms with van der Waals surface area (Å²) in [7, 11) is -4.36. The fraction of sp³-hybridized carbons (Fsp3) is 0.692. The molecule has 10 heteroatoms. The van der Waals surface area contributed by atoms with Gasteiger partial charge in [-0.05, 0) is 92.9 Å². The van der Waals surface area contributed by atoms with Crippen molar-refractivity contribution in [3.8, 4) is 5.75 Å². The fourth-order valence-electron chi connectivity index (χ4n) is 9.13. The van der Waals surface area contributed by atoms with Crippen LogP contribution in [0.5, 0.6) is 5.75 Å². The lowest BCUT2D eigenvalue weighted by Gasteiger charge is -2.55. The predicted octanol–water partition coefficient (Wildman–Crippen LogP) is 2.57. The first-order valence-electron chi connectivity index (χ1n) is 13.0. The molecule has 1 aromatic rings. The lowest BCUT2D eigenvalue weighted by molar-refractivity contribution is -0.189. The molecule has 7 atom stereocenters. The van der Waals surface area contributed by atoms with E-state index in [0.29, 0.717) is 24.2 Å². The summed E-state index contributed by atoms with van der Waals surface area (Å²) in [6.45, 7) is 0. The molecule has 0 spiro atoms. The Kier molecular flexibility index (Phi) is 4.98. The highest BCUT2D eigenvalue weighted by Crippen LogP contribution is 2.63. The minimum Gasteiger partial charge on any atom is -0.459 e. The van der Waals surface area contributed by atoms with Gasteiger partial charge in [-0.25, -0.2) is 0 Å². The summed E-state index contributed by atoms with van der Waals surface area (Å²) in [5, 5.41) is 10.6. The van der Waals surface area contributed by atoms with Crippen LogP contribution in [-0.4, -0.2) is 48.5 Å². The number of carbonyl (C=O) groups excluding carboxylic acids is 2. The first-order valence-corrected chi connectivity index (χ1v) is 14.4. The van der Waals surface area contributed by atoms with Gasteiger partial charge in [-0.1, -0.05) is 0 Å². The van der Waals surface area contributed by atoms with Crippen molar-refractivity contribution in [3.05, 3.63) is 24.3 Å². The van der Waals surface area contributed by atoms with Crippen LogP contribution in [-0.2, 0) is 29.2 Å². The summed E-state index contributed by atoms with van der Waals surface area (Å²) in [6.07, 6.45) is 4.81. The molecule has 2 N–H and O–H groups in total. The molecule has 7 fully saturated rings. The number of hydrogen-bond donors (Lipinski definition) is 2. The summed E-state index contributed by atoms with van der Waals surface area (Å²) >= 11 is 0. The third-order valence-corrected chi connectivity index (χ3v) is 10.9. The van der Waals surface area contributed by atoms with Crippen molar-refractivity contribution in [1.82, 2.24) is 0 Å². The molecule has 36 heavy (non-hydrogen) atoms. The van der Waals surface area contributed by atoms with Crippen molar-refractivity contribution < 1.29 is 41.9 Å². The second-order valence-electron chi connectivity index (χ2n) is 12.1. The Morgan fingerprint density at radius 3 is 2.14 bits per heavy atom. The molecule has 1 aliphatic heterocycles. The van der Waals surface area contributed by atoms with Crippen molar-refractivity contribution in [2.45, 2.75) is 68.3 Å². The molecule has 0 aromatic heterocycles. The molecular formula is C26H30O9S. The summed E-state index contributed by atoms with van der Waals surface area (Å²) < 4.78 is 49.3. The van der Waals surface area contributed by atoms with Crippen LogP contribution in [0.25, 0.3) is 0 Å². The van der Waals surface area contributed by atoms with Gasteiger partial charge in [0, 0.05) is 11.8 Å². The van der Waals surface area contributed by atoms with Gasteiger partial charge in [-0.2, -0.15) is 8.42 Å². The van der Waals surface area contributed by atoms with Crippen molar-refractivity contribution >= 4 is 22.1 Å². The third kappa shape index (κ3) is 3.40. The molecule has 6 bridgehead atoms. The van der Waals surface area contributed by atoms with Gasteiger partial charge in [0.25, 0.3) is 10.1 Å². The van der Waals surface area contributed by atoms with E-state index in [-0.39, 0.29) is 28.5 Å². The summed E-state index contributed by atoms with van der Waals surface area (Å²) in [4.78, 5) is 26.6. The number of rotatable bonds is 5. The molecule has 6 aliphatic carbocycles. The molecule has 8 rings (SSSR count). The monoisotopic (exact) mass is 518 g/mol. The molecule has 6 saturated carbocycles. The highest BCUT2D eigenvalue weighted by atomic mass is 32.2. The SMILES string of the molecule is O=C(Oc1ccc(S(=O)(=O)O)cc1)C1C2CC3C(OC(O)C31)C2OC(=O)C12CC3CC(CC(C3)C1)C2. The van der Waals surface area contributed by atoms with Gasteiger partial charge >= 0.3 is 11.9 Å². The van der Waals surface area contributed by atoms with Crippen molar-refractivity contribution in [1.29, 1.82) is 0 Å². The molecule has 0 radical (unpaired) electrons. The molecule has 1 heterocycles. The van der Waals surface area contributed by atoms with Gasteiger partial charge in [-0.15, -0.1) is 0 Å². The number of hydrogen-bond acceptors (Lipinski definition) is 8. The van der Waals surface area contributed by atoms with Gasteiger partial charge in [0.1, 0.15) is 18.0 Å². The van der Waals surface area contributed by atoms with E-state index in [1.54, 1.807) is 0 Å². The molecule has 194 valence electrons. The van der Waals surface area contributed by atoms with Crippen LogP contribution >= 0.6 is 0 Å². The summed E-state index contributed by atoms with van der Waals surface area (Å²) in [5.74, 6) is -0.295. The third-order valence-electron chi connectivity index (χ3n) is 10.0. The molecule has 0 amide bonds. The van der Waals surface area contributed by atoms with E-state index < -0.39 is 51.8 Å². The molecule has 1 aromatic carbocycles. The van der Waals surface area contributed by atoms with Gasteiger partial charge in [0.15, 0.2) is 6.29 Å². The zero-order chi connectivity index (χ0) is 25.0. The fourth-order valence-corrected chi connectivity index (χ4v) is 9.61. The van der Waals surface area contributed by atoms with Crippen LogP contribution in [0.2, 0.25) is 0 Å². The van der Waals surface area contributed by atoms with Crippen LogP contribution in [0.15, 0.2) is 29.2 Å². The Balaban J connectivity index is 1.10. The number of aliphatic hydroxyl groups excluding tert-OH is 1. The minimum atomic E-state index is -4.36. The number of aliphatic hydroxyl groups is 1. The van der Waals surface area contributed by atoms with E-state index in [2.05, 4.69) is 0 Å². The van der Waals surface area contributed by atoms with Crippen LogP contribution in [0.3, 0.4) is 0 Å². The molecular weight excluding hydrogens is 488 g/mol. The van der Waals surface area contributed by atoms with Crippen LogP contribution in [0, 0.1) is 46.8 Å². The van der Waals surface area contributed by atoms with Gasteiger partial charge < -0.3 is 19.3 Å². The summed E-state index contributed by atoms with van der Waals surface area (Å²) in [5.41, 5.74) is -0.419. The summed E-state index contributed by atoms with van der Waals surface area (Å²) in [6, 6.07) is 4.89. The molecule has 9 nitrogen and oxygen atoms in total. The normalized spacial score (nSPS) is 45.7. The number of fused-ring (bicyclic) bond motifs is 1. The van der Waals surface area contributed by atoms with E-state index in [9.17, 15) is 23.1 Å². The average Bonchev–Trinajstić information content (AvgIpc) is 3.42. The maximum atomic E-state index is 13.6. The van der Waals surface area contributed by atoms with Gasteiger partial charge in [-0.3, -0.25) is 14.1 Å². The Bertz CT molecular complexity index is 1170. The van der Waals surface area contributed by atoms with Crippen LogP contribution in [0.4, 0.5) is 0 Å². The maximum Gasteiger partial charge on any atom is 0.315 e. The Hall–Kier alpha value is -2.01. The van der Waals surface area contributed by atoms with E-state index in [0.717, 1.165) is 31.4 Å². The topological polar surface area (TPSA) is 136 Å². The van der Waals surface area contributed by atoms with E-state index >= 15 is 0 Å².